The number of amides is 1. The molecule has 0 bridgehead atoms. The summed E-state index contributed by atoms with van der Waals surface area (Å²) in [6.45, 7) is 3.76. The lowest BCUT2D eigenvalue weighted by Crippen LogP contribution is -2.48. The van der Waals surface area contributed by atoms with Crippen LogP contribution in [0.1, 0.15) is 26.7 Å². The van der Waals surface area contributed by atoms with Gasteiger partial charge in [-0.05, 0) is 19.8 Å². The first-order valence-corrected chi connectivity index (χ1v) is 5.19. The monoisotopic (exact) mass is 217 g/mol. The molecule has 2 unspecified atom stereocenters. The number of rotatable bonds is 3. The van der Waals surface area contributed by atoms with Gasteiger partial charge in [0.15, 0.2) is 0 Å². The van der Waals surface area contributed by atoms with Crippen molar-refractivity contribution in [3.63, 3.8) is 0 Å². The SMILES string of the molecule is CCOC(=O)C(F)N1CCCC(C)C1=O. The summed E-state index contributed by atoms with van der Waals surface area (Å²) in [6.07, 6.45) is -0.461. The fraction of sp³-hybridized carbons (Fsp3) is 0.800. The molecule has 1 fully saturated rings. The van der Waals surface area contributed by atoms with Gasteiger partial charge in [0.05, 0.1) is 6.61 Å². The van der Waals surface area contributed by atoms with Gasteiger partial charge in [0.1, 0.15) is 0 Å². The van der Waals surface area contributed by atoms with Crippen LogP contribution >= 0.6 is 0 Å². The molecule has 1 aliphatic rings. The Morgan fingerprint density at radius 1 is 1.73 bits per heavy atom. The van der Waals surface area contributed by atoms with Gasteiger partial charge in [0.2, 0.25) is 5.91 Å². The van der Waals surface area contributed by atoms with E-state index in [-0.39, 0.29) is 18.4 Å². The van der Waals surface area contributed by atoms with E-state index in [0.717, 1.165) is 17.7 Å². The van der Waals surface area contributed by atoms with Gasteiger partial charge in [0.25, 0.3) is 6.30 Å². The van der Waals surface area contributed by atoms with E-state index in [0.29, 0.717) is 6.54 Å². The third kappa shape index (κ3) is 2.67. The van der Waals surface area contributed by atoms with Crippen molar-refractivity contribution in [1.29, 1.82) is 0 Å². The molecule has 0 aromatic heterocycles. The quantitative estimate of drug-likeness (QED) is 0.525. The molecule has 1 heterocycles. The predicted molar refractivity (Wildman–Crippen MR) is 51.6 cm³/mol. The molecule has 15 heavy (non-hydrogen) atoms. The van der Waals surface area contributed by atoms with E-state index in [1.165, 1.54) is 0 Å². The molecule has 5 heteroatoms. The molecule has 0 N–H and O–H groups in total. The number of halogens is 1. The van der Waals surface area contributed by atoms with E-state index in [2.05, 4.69) is 4.74 Å². The first-order valence-electron chi connectivity index (χ1n) is 5.19. The fourth-order valence-electron chi connectivity index (χ4n) is 1.65. The zero-order chi connectivity index (χ0) is 11.4. The number of hydrogen-bond donors (Lipinski definition) is 0. The maximum absolute atomic E-state index is 13.5. The van der Waals surface area contributed by atoms with Crippen LogP contribution in [-0.2, 0) is 14.3 Å². The Morgan fingerprint density at radius 3 is 3.00 bits per heavy atom. The number of hydrogen-bond acceptors (Lipinski definition) is 3. The average molecular weight is 217 g/mol. The second kappa shape index (κ2) is 5.09. The van der Waals surface area contributed by atoms with Crippen molar-refractivity contribution in [2.75, 3.05) is 13.2 Å². The zero-order valence-electron chi connectivity index (χ0n) is 9.03. The van der Waals surface area contributed by atoms with Crippen LogP contribution in [0.25, 0.3) is 0 Å². The number of esters is 1. The Labute approximate surface area is 88.4 Å². The molecule has 1 aliphatic heterocycles. The topological polar surface area (TPSA) is 46.6 Å². The molecule has 0 aliphatic carbocycles. The molecule has 86 valence electrons. The smallest absolute Gasteiger partial charge is 0.362 e. The van der Waals surface area contributed by atoms with Crippen LogP contribution in [0.4, 0.5) is 4.39 Å². The van der Waals surface area contributed by atoms with Crippen molar-refractivity contribution in [3.8, 4) is 0 Å². The van der Waals surface area contributed by atoms with Gasteiger partial charge in [-0.15, -0.1) is 0 Å². The third-order valence-electron chi connectivity index (χ3n) is 2.50. The highest BCUT2D eigenvalue weighted by molar-refractivity contribution is 5.85. The largest absolute Gasteiger partial charge is 0.462 e. The number of carbonyl (C=O) groups is 2. The standard InChI is InChI=1S/C10H16FNO3/c1-3-15-10(14)8(11)12-6-4-5-7(2)9(12)13/h7-8H,3-6H2,1-2H3. The number of piperidine rings is 1. The maximum Gasteiger partial charge on any atom is 0.362 e. The lowest BCUT2D eigenvalue weighted by Gasteiger charge is -2.31. The number of carbonyl (C=O) groups excluding carboxylic acids is 2. The summed E-state index contributed by atoms with van der Waals surface area (Å²) in [4.78, 5) is 23.6. The Balaban J connectivity index is 2.61. The third-order valence-corrected chi connectivity index (χ3v) is 2.50. The number of alkyl halides is 1. The van der Waals surface area contributed by atoms with Crippen LogP contribution in [0, 0.1) is 5.92 Å². The fourth-order valence-corrected chi connectivity index (χ4v) is 1.65. The lowest BCUT2D eigenvalue weighted by molar-refractivity contribution is -0.165. The Morgan fingerprint density at radius 2 is 2.40 bits per heavy atom. The molecule has 4 nitrogen and oxygen atoms in total. The molecular formula is C10H16FNO3. The minimum absolute atomic E-state index is 0.122. The van der Waals surface area contributed by atoms with Crippen LogP contribution in [0.15, 0.2) is 0 Å². The normalized spacial score (nSPS) is 23.8. The molecule has 1 amide bonds. The first-order chi connectivity index (χ1) is 7.07. The van der Waals surface area contributed by atoms with Crippen molar-refractivity contribution in [1.82, 2.24) is 4.90 Å². The Hall–Kier alpha value is -1.13. The number of nitrogens with zero attached hydrogens (tertiary/aromatic N) is 1. The van der Waals surface area contributed by atoms with Gasteiger partial charge in [-0.1, -0.05) is 6.92 Å². The van der Waals surface area contributed by atoms with Crippen LogP contribution in [0.5, 0.6) is 0 Å². The van der Waals surface area contributed by atoms with E-state index < -0.39 is 12.3 Å². The van der Waals surface area contributed by atoms with Crippen LogP contribution in [0.2, 0.25) is 0 Å². The summed E-state index contributed by atoms with van der Waals surface area (Å²) < 4.78 is 18.1. The summed E-state index contributed by atoms with van der Waals surface area (Å²) in [7, 11) is 0. The van der Waals surface area contributed by atoms with Crippen molar-refractivity contribution in [2.45, 2.75) is 33.0 Å². The van der Waals surface area contributed by atoms with Crippen LogP contribution < -0.4 is 0 Å². The summed E-state index contributed by atoms with van der Waals surface area (Å²) >= 11 is 0. The van der Waals surface area contributed by atoms with Gasteiger partial charge in [-0.2, -0.15) is 0 Å². The first kappa shape index (κ1) is 11.9. The minimum Gasteiger partial charge on any atom is -0.462 e. The molecule has 0 saturated carbocycles. The summed E-state index contributed by atoms with van der Waals surface area (Å²) in [5.74, 6) is -1.48. The average Bonchev–Trinajstić information content (AvgIpc) is 2.21. The summed E-state index contributed by atoms with van der Waals surface area (Å²) in [6, 6.07) is 0. The highest BCUT2D eigenvalue weighted by Gasteiger charge is 2.35. The van der Waals surface area contributed by atoms with Crippen LogP contribution in [0.3, 0.4) is 0 Å². The number of likely N-dealkylation sites (tertiary alicyclic amines) is 1. The number of ether oxygens (including phenoxy) is 1. The highest BCUT2D eigenvalue weighted by atomic mass is 19.1. The van der Waals surface area contributed by atoms with E-state index in [9.17, 15) is 14.0 Å². The second-order valence-corrected chi connectivity index (χ2v) is 3.66. The zero-order valence-corrected chi connectivity index (χ0v) is 9.03. The van der Waals surface area contributed by atoms with Crippen molar-refractivity contribution < 1.29 is 18.7 Å². The molecule has 1 saturated heterocycles. The molecule has 0 aromatic rings. The Bertz CT molecular complexity index is 257. The molecule has 1 rings (SSSR count). The molecule has 2 atom stereocenters. The van der Waals surface area contributed by atoms with Crippen molar-refractivity contribution in [3.05, 3.63) is 0 Å². The molecular weight excluding hydrogens is 201 g/mol. The van der Waals surface area contributed by atoms with Gasteiger partial charge in [-0.3, -0.25) is 4.79 Å². The lowest BCUT2D eigenvalue weighted by atomic mass is 9.99. The van der Waals surface area contributed by atoms with Gasteiger partial charge in [-0.25, -0.2) is 9.18 Å². The van der Waals surface area contributed by atoms with E-state index in [4.69, 9.17) is 0 Å². The van der Waals surface area contributed by atoms with E-state index >= 15 is 0 Å². The molecule has 0 aromatic carbocycles. The maximum atomic E-state index is 13.5. The van der Waals surface area contributed by atoms with E-state index in [1.807, 2.05) is 0 Å². The molecule has 0 spiro atoms. The van der Waals surface area contributed by atoms with Crippen LogP contribution in [-0.4, -0.2) is 36.2 Å². The second-order valence-electron chi connectivity index (χ2n) is 3.66. The molecule has 0 radical (unpaired) electrons. The van der Waals surface area contributed by atoms with Gasteiger partial charge >= 0.3 is 5.97 Å². The Kier molecular flexibility index (Phi) is 4.05. The van der Waals surface area contributed by atoms with Gasteiger partial charge < -0.3 is 9.64 Å². The van der Waals surface area contributed by atoms with Gasteiger partial charge in [0, 0.05) is 12.5 Å². The van der Waals surface area contributed by atoms with Crippen molar-refractivity contribution in [2.24, 2.45) is 5.92 Å². The van der Waals surface area contributed by atoms with Crippen molar-refractivity contribution >= 4 is 11.9 Å². The van der Waals surface area contributed by atoms with E-state index in [1.54, 1.807) is 13.8 Å². The predicted octanol–water partition coefficient (Wildman–Crippen LogP) is 1.10. The summed E-state index contributed by atoms with van der Waals surface area (Å²) in [5, 5.41) is 0. The summed E-state index contributed by atoms with van der Waals surface area (Å²) in [5.41, 5.74) is 0. The highest BCUT2D eigenvalue weighted by Crippen LogP contribution is 2.20. The minimum atomic E-state index is -1.94.